The van der Waals surface area contributed by atoms with Crippen molar-refractivity contribution in [1.82, 2.24) is 5.32 Å². The van der Waals surface area contributed by atoms with Gasteiger partial charge in [0.25, 0.3) is 0 Å². The fourth-order valence-electron chi connectivity index (χ4n) is 7.63. The fraction of sp³-hybridized carbons (Fsp3) is 0.800. The van der Waals surface area contributed by atoms with Crippen LogP contribution in [0.5, 0.6) is 0 Å². The van der Waals surface area contributed by atoms with E-state index in [0.29, 0.717) is 18.3 Å². The minimum Gasteiger partial charge on any atom is -0.318 e. The van der Waals surface area contributed by atoms with Crippen molar-refractivity contribution in [3.63, 3.8) is 0 Å². The van der Waals surface area contributed by atoms with Gasteiger partial charge in [0.1, 0.15) is 0 Å². The van der Waals surface area contributed by atoms with Crippen LogP contribution >= 0.6 is 0 Å². The van der Waals surface area contributed by atoms with Crippen LogP contribution in [0.3, 0.4) is 0 Å². The third-order valence-corrected chi connectivity index (χ3v) is 9.03. The van der Waals surface area contributed by atoms with E-state index in [1.54, 1.807) is 0 Å². The zero-order valence-corrected chi connectivity index (χ0v) is 18.3. The molecule has 0 amide bonds. The number of nitrogens with zero attached hydrogens (tertiary/aromatic N) is 1. The minimum absolute atomic E-state index is 0.0528. The van der Waals surface area contributed by atoms with Gasteiger partial charge in [-0.3, -0.25) is 4.79 Å². The number of hydrogen-bond acceptors (Lipinski definition) is 5. The molecule has 30 heavy (non-hydrogen) atoms. The first-order chi connectivity index (χ1) is 14.6. The molecule has 6 atom stereocenters. The lowest BCUT2D eigenvalue weighted by Crippen LogP contribution is -2.45. The number of allylic oxidation sites excluding steroid dienone is 1. The monoisotopic (exact) mass is 412 g/mol. The highest BCUT2D eigenvalue weighted by molar-refractivity contribution is 5.97. The van der Waals surface area contributed by atoms with Crippen LogP contribution in [-0.4, -0.2) is 30.6 Å². The number of ketones is 1. The molecule has 3 saturated carbocycles. The van der Waals surface area contributed by atoms with Crippen molar-refractivity contribution in [1.29, 1.82) is 0 Å². The van der Waals surface area contributed by atoms with Crippen molar-refractivity contribution >= 4 is 17.5 Å². The van der Waals surface area contributed by atoms with E-state index >= 15 is 0 Å². The third-order valence-electron chi connectivity index (χ3n) is 9.03. The van der Waals surface area contributed by atoms with E-state index in [2.05, 4.69) is 10.5 Å². The number of carbonyl (C=O) groups is 2. The zero-order chi connectivity index (χ0) is 20.7. The van der Waals surface area contributed by atoms with Crippen molar-refractivity contribution in [3.05, 3.63) is 11.6 Å². The van der Waals surface area contributed by atoms with E-state index in [4.69, 9.17) is 4.84 Å². The van der Waals surface area contributed by atoms with Gasteiger partial charge in [0.2, 0.25) is 0 Å². The Morgan fingerprint density at radius 3 is 2.70 bits per heavy atom. The first kappa shape index (κ1) is 20.4. The van der Waals surface area contributed by atoms with E-state index in [0.717, 1.165) is 55.8 Å². The molecule has 0 spiro atoms. The molecule has 0 radical (unpaired) electrons. The SMILES string of the molecule is C/C(=N\OC(=O)C1CCNCC1)C1CC(=O)C=C2CCC3C4CCCC4CCC3C21. The van der Waals surface area contributed by atoms with E-state index in [-0.39, 0.29) is 23.6 Å². The van der Waals surface area contributed by atoms with Gasteiger partial charge >= 0.3 is 5.97 Å². The van der Waals surface area contributed by atoms with Crippen LogP contribution in [0.25, 0.3) is 0 Å². The van der Waals surface area contributed by atoms with Crippen molar-refractivity contribution in [3.8, 4) is 0 Å². The van der Waals surface area contributed by atoms with Crippen molar-refractivity contribution in [2.24, 2.45) is 46.6 Å². The molecule has 5 nitrogen and oxygen atoms in total. The topological polar surface area (TPSA) is 67.8 Å². The first-order valence-electron chi connectivity index (χ1n) is 12.3. The number of fused-ring (bicyclic) bond motifs is 5. The lowest BCUT2D eigenvalue weighted by atomic mass is 9.53. The summed E-state index contributed by atoms with van der Waals surface area (Å²) in [4.78, 5) is 30.4. The van der Waals surface area contributed by atoms with E-state index in [1.807, 2.05) is 13.0 Å². The minimum atomic E-state index is -0.207. The molecule has 6 unspecified atom stereocenters. The maximum atomic E-state index is 12.5. The van der Waals surface area contributed by atoms with Crippen LogP contribution in [-0.2, 0) is 14.4 Å². The smallest absolute Gasteiger partial charge is 0.318 e. The largest absolute Gasteiger partial charge is 0.338 e. The number of nitrogens with one attached hydrogen (secondary N) is 1. The molecule has 5 rings (SSSR count). The number of hydrogen-bond donors (Lipinski definition) is 1. The summed E-state index contributed by atoms with van der Waals surface area (Å²) < 4.78 is 0. The number of oxime groups is 1. The van der Waals surface area contributed by atoms with Crippen LogP contribution in [0.1, 0.15) is 71.1 Å². The Bertz CT molecular complexity index is 751. The molecular weight excluding hydrogens is 376 g/mol. The predicted octanol–water partition coefficient (Wildman–Crippen LogP) is 4.27. The summed E-state index contributed by atoms with van der Waals surface area (Å²) >= 11 is 0. The van der Waals surface area contributed by atoms with E-state index in [1.165, 1.54) is 44.1 Å². The van der Waals surface area contributed by atoms with Crippen LogP contribution < -0.4 is 5.32 Å². The third kappa shape index (κ3) is 3.79. The standard InChI is InChI=1S/C25H36N2O3/c1-15(27-30-25(29)17-9-11-26-12-10-17)23-14-19(28)13-18-6-7-21-20-4-2-3-16(20)5-8-22(21)24(18)23/h13,16-17,20-24,26H,2-12,14H2,1H3/b27-15+. The highest BCUT2D eigenvalue weighted by Crippen LogP contribution is 2.57. The molecule has 0 aromatic heterocycles. The number of rotatable bonds is 3. The average Bonchev–Trinajstić information content (AvgIpc) is 3.26. The lowest BCUT2D eigenvalue weighted by Gasteiger charge is -2.51. The highest BCUT2D eigenvalue weighted by Gasteiger charge is 2.50. The predicted molar refractivity (Wildman–Crippen MR) is 116 cm³/mol. The van der Waals surface area contributed by atoms with Gasteiger partial charge in [-0.05, 0) is 101 Å². The van der Waals surface area contributed by atoms with Gasteiger partial charge in [0, 0.05) is 12.3 Å². The summed E-state index contributed by atoms with van der Waals surface area (Å²) in [6.07, 6.45) is 13.3. The summed E-state index contributed by atoms with van der Waals surface area (Å²) in [6.45, 7) is 3.70. The van der Waals surface area contributed by atoms with Gasteiger partial charge < -0.3 is 10.2 Å². The van der Waals surface area contributed by atoms with Crippen molar-refractivity contribution in [2.75, 3.05) is 13.1 Å². The Hall–Kier alpha value is -1.49. The molecule has 164 valence electrons. The summed E-state index contributed by atoms with van der Waals surface area (Å²) in [5.41, 5.74) is 2.20. The Labute approximate surface area is 180 Å². The van der Waals surface area contributed by atoms with Crippen molar-refractivity contribution < 1.29 is 14.4 Å². The molecular formula is C25H36N2O3. The summed E-state index contributed by atoms with van der Waals surface area (Å²) in [5.74, 6) is 3.82. The second-order valence-corrected chi connectivity index (χ2v) is 10.5. The van der Waals surface area contributed by atoms with Gasteiger partial charge in [0.05, 0.1) is 11.6 Å². The van der Waals surface area contributed by atoms with Crippen molar-refractivity contribution in [2.45, 2.75) is 71.1 Å². The van der Waals surface area contributed by atoms with E-state index in [9.17, 15) is 9.59 Å². The van der Waals surface area contributed by atoms with Gasteiger partial charge in [-0.15, -0.1) is 0 Å². The van der Waals surface area contributed by atoms with Crippen LogP contribution in [0.4, 0.5) is 0 Å². The Morgan fingerprint density at radius 1 is 1.03 bits per heavy atom. The molecule has 1 N–H and O–H groups in total. The number of carbonyl (C=O) groups excluding carboxylic acids is 2. The molecule has 0 aromatic carbocycles. The van der Waals surface area contributed by atoms with Crippen LogP contribution in [0.2, 0.25) is 0 Å². The second kappa shape index (κ2) is 8.57. The zero-order valence-electron chi connectivity index (χ0n) is 18.3. The maximum Gasteiger partial charge on any atom is 0.338 e. The molecule has 1 saturated heterocycles. The molecule has 4 fully saturated rings. The molecule has 1 aliphatic heterocycles. The quantitative estimate of drug-likeness (QED) is 0.427. The van der Waals surface area contributed by atoms with Crippen LogP contribution in [0, 0.1) is 41.4 Å². The molecule has 5 heteroatoms. The summed E-state index contributed by atoms with van der Waals surface area (Å²) in [7, 11) is 0. The maximum absolute atomic E-state index is 12.5. The lowest BCUT2D eigenvalue weighted by molar-refractivity contribution is -0.149. The fourth-order valence-corrected chi connectivity index (χ4v) is 7.63. The van der Waals surface area contributed by atoms with E-state index < -0.39 is 0 Å². The average molecular weight is 413 g/mol. The highest BCUT2D eigenvalue weighted by atomic mass is 16.7. The van der Waals surface area contributed by atoms with Crippen LogP contribution in [0.15, 0.2) is 16.8 Å². The molecule has 1 heterocycles. The second-order valence-electron chi connectivity index (χ2n) is 10.5. The first-order valence-corrected chi connectivity index (χ1v) is 12.3. The molecule has 0 bridgehead atoms. The summed E-state index contributed by atoms with van der Waals surface area (Å²) in [5, 5.41) is 7.60. The molecule has 5 aliphatic rings. The summed E-state index contributed by atoms with van der Waals surface area (Å²) in [6, 6.07) is 0. The normalized spacial score (nSPS) is 39.6. The Morgan fingerprint density at radius 2 is 1.87 bits per heavy atom. The number of piperidine rings is 1. The molecule has 0 aromatic rings. The molecule has 4 aliphatic carbocycles. The van der Waals surface area contributed by atoms with Gasteiger partial charge in [-0.25, -0.2) is 4.79 Å². The Kier molecular flexibility index (Phi) is 5.83. The Balaban J connectivity index is 1.34. The van der Waals surface area contributed by atoms with Gasteiger partial charge in [-0.1, -0.05) is 23.6 Å². The van der Waals surface area contributed by atoms with Gasteiger partial charge in [0.15, 0.2) is 5.78 Å². The van der Waals surface area contributed by atoms with Gasteiger partial charge in [-0.2, -0.15) is 0 Å².